The normalized spacial score (nSPS) is 43.2. The number of ether oxygens (including phenoxy) is 1. The largest absolute Gasteiger partial charge is 0.378 e. The fourth-order valence-electron chi connectivity index (χ4n) is 7.43. The molecule has 2 atom stereocenters. The van der Waals surface area contributed by atoms with Gasteiger partial charge in [-0.05, 0) is 131 Å². The van der Waals surface area contributed by atoms with Crippen LogP contribution in [0, 0.1) is 41.4 Å². The van der Waals surface area contributed by atoms with Crippen LogP contribution in [0.3, 0.4) is 0 Å². The highest BCUT2D eigenvalue weighted by Crippen LogP contribution is 2.45. The fourth-order valence-corrected chi connectivity index (χ4v) is 7.43. The zero-order chi connectivity index (χ0) is 20.9. The Balaban J connectivity index is 1.14. The Morgan fingerprint density at radius 3 is 1.73 bits per heavy atom. The summed E-state index contributed by atoms with van der Waals surface area (Å²) in [7, 11) is 0. The zero-order valence-electron chi connectivity index (χ0n) is 19.2. The van der Waals surface area contributed by atoms with Crippen molar-refractivity contribution >= 4 is 0 Å². The molecule has 0 aromatic rings. The molecular formula is C27H44F2O. The molecule has 0 amide bonds. The van der Waals surface area contributed by atoms with Crippen LogP contribution in [0.4, 0.5) is 8.78 Å². The highest BCUT2D eigenvalue weighted by molar-refractivity contribution is 4.89. The van der Waals surface area contributed by atoms with Crippen LogP contribution in [0.5, 0.6) is 0 Å². The monoisotopic (exact) mass is 422 g/mol. The van der Waals surface area contributed by atoms with Gasteiger partial charge >= 0.3 is 0 Å². The smallest absolute Gasteiger partial charge is 0.266 e. The van der Waals surface area contributed by atoms with Crippen molar-refractivity contribution in [1.29, 1.82) is 0 Å². The van der Waals surface area contributed by atoms with Crippen molar-refractivity contribution in [2.45, 2.75) is 109 Å². The van der Waals surface area contributed by atoms with Crippen LogP contribution in [0.2, 0.25) is 0 Å². The molecule has 1 saturated heterocycles. The van der Waals surface area contributed by atoms with Crippen LogP contribution >= 0.6 is 0 Å². The van der Waals surface area contributed by atoms with Crippen LogP contribution in [-0.4, -0.2) is 12.7 Å². The van der Waals surface area contributed by atoms with Gasteiger partial charge in [-0.2, -0.15) is 8.78 Å². The van der Waals surface area contributed by atoms with Crippen LogP contribution in [0.15, 0.2) is 12.2 Å². The lowest BCUT2D eigenvalue weighted by molar-refractivity contribution is -0.0755. The fraction of sp³-hybridized carbons (Fsp3) is 0.926. The van der Waals surface area contributed by atoms with E-state index in [0.29, 0.717) is 18.4 Å². The van der Waals surface area contributed by atoms with Gasteiger partial charge in [0.25, 0.3) is 6.08 Å². The first-order valence-electron chi connectivity index (χ1n) is 13.2. The average molecular weight is 423 g/mol. The Morgan fingerprint density at radius 1 is 0.667 bits per heavy atom. The summed E-state index contributed by atoms with van der Waals surface area (Å²) in [5.74, 6) is 5.74. The van der Waals surface area contributed by atoms with Crippen LogP contribution in [0.1, 0.15) is 103 Å². The lowest BCUT2D eigenvalue weighted by atomic mass is 9.67. The summed E-state index contributed by atoms with van der Waals surface area (Å²) < 4.78 is 31.1. The van der Waals surface area contributed by atoms with E-state index in [4.69, 9.17) is 4.74 Å². The molecule has 1 aliphatic heterocycles. The number of hydrogen-bond donors (Lipinski definition) is 0. The molecule has 4 fully saturated rings. The maximum atomic E-state index is 12.3. The standard InChI is InChI=1S/C27H44F2O/c1-19-2-7-23(8-3-19)25-15-16-26(30-18-25)24-13-11-22(12-14-24)21-9-4-20(5-10-21)6-17-27(28)29/h17,19-26H,2-16,18H2,1H3. The Bertz CT molecular complexity index is 525. The summed E-state index contributed by atoms with van der Waals surface area (Å²) in [5, 5.41) is 0. The zero-order valence-corrected chi connectivity index (χ0v) is 19.2. The van der Waals surface area contributed by atoms with Gasteiger partial charge in [0.05, 0.1) is 12.7 Å². The molecule has 4 aliphatic rings. The lowest BCUT2D eigenvalue weighted by Gasteiger charge is -2.42. The molecule has 3 aliphatic carbocycles. The summed E-state index contributed by atoms with van der Waals surface area (Å²) in [6.07, 6.45) is 19.5. The van der Waals surface area contributed by atoms with E-state index in [1.165, 1.54) is 77.0 Å². The predicted octanol–water partition coefficient (Wildman–Crippen LogP) is 8.39. The van der Waals surface area contributed by atoms with Gasteiger partial charge in [-0.3, -0.25) is 0 Å². The molecule has 0 radical (unpaired) electrons. The van der Waals surface area contributed by atoms with Gasteiger partial charge in [-0.15, -0.1) is 0 Å². The van der Waals surface area contributed by atoms with Crippen molar-refractivity contribution in [3.63, 3.8) is 0 Å². The van der Waals surface area contributed by atoms with Crippen molar-refractivity contribution in [2.24, 2.45) is 41.4 Å². The minimum absolute atomic E-state index is 0.495. The SMILES string of the molecule is CC1CCC(C2CCC(C3CCC(C4CCC(CC=C(F)F)CC4)CC3)OC2)CC1. The minimum atomic E-state index is -1.50. The summed E-state index contributed by atoms with van der Waals surface area (Å²) >= 11 is 0. The third-order valence-corrected chi connectivity index (χ3v) is 9.58. The van der Waals surface area contributed by atoms with Gasteiger partial charge in [0.15, 0.2) is 0 Å². The van der Waals surface area contributed by atoms with E-state index in [9.17, 15) is 8.78 Å². The molecule has 1 nitrogen and oxygen atoms in total. The Morgan fingerprint density at radius 2 is 1.17 bits per heavy atom. The molecule has 0 N–H and O–H groups in total. The molecule has 0 bridgehead atoms. The van der Waals surface area contributed by atoms with E-state index in [2.05, 4.69) is 6.92 Å². The first-order chi connectivity index (χ1) is 14.6. The molecule has 0 aromatic carbocycles. The first kappa shape index (κ1) is 22.7. The number of allylic oxidation sites excluding steroid dienone is 1. The minimum Gasteiger partial charge on any atom is -0.378 e. The van der Waals surface area contributed by atoms with E-state index in [0.717, 1.165) is 61.0 Å². The van der Waals surface area contributed by atoms with Gasteiger partial charge in [0.2, 0.25) is 0 Å². The Labute approximate surface area is 183 Å². The number of halogens is 2. The molecule has 3 heteroatoms. The molecule has 1 heterocycles. The van der Waals surface area contributed by atoms with Gasteiger partial charge in [-0.1, -0.05) is 19.8 Å². The topological polar surface area (TPSA) is 9.23 Å². The molecule has 0 aromatic heterocycles. The van der Waals surface area contributed by atoms with E-state index in [1.54, 1.807) is 0 Å². The van der Waals surface area contributed by atoms with Gasteiger partial charge in [0, 0.05) is 0 Å². The van der Waals surface area contributed by atoms with Crippen molar-refractivity contribution < 1.29 is 13.5 Å². The average Bonchev–Trinajstić information content (AvgIpc) is 2.79. The van der Waals surface area contributed by atoms with Gasteiger partial charge in [-0.25, -0.2) is 0 Å². The van der Waals surface area contributed by atoms with E-state index < -0.39 is 6.08 Å². The molecular weight excluding hydrogens is 378 g/mol. The Hall–Kier alpha value is -0.440. The van der Waals surface area contributed by atoms with Crippen LogP contribution < -0.4 is 0 Å². The number of hydrogen-bond acceptors (Lipinski definition) is 1. The summed E-state index contributed by atoms with van der Waals surface area (Å²) in [6, 6.07) is 0. The highest BCUT2D eigenvalue weighted by Gasteiger charge is 2.37. The summed E-state index contributed by atoms with van der Waals surface area (Å²) in [5.41, 5.74) is 0. The summed E-state index contributed by atoms with van der Waals surface area (Å²) in [4.78, 5) is 0. The molecule has 4 rings (SSSR count). The maximum absolute atomic E-state index is 12.3. The first-order valence-corrected chi connectivity index (χ1v) is 13.2. The van der Waals surface area contributed by atoms with E-state index >= 15 is 0 Å². The number of rotatable bonds is 5. The lowest BCUT2D eigenvalue weighted by Crippen LogP contribution is -2.37. The van der Waals surface area contributed by atoms with Crippen molar-refractivity contribution in [1.82, 2.24) is 0 Å². The van der Waals surface area contributed by atoms with E-state index in [-0.39, 0.29) is 0 Å². The van der Waals surface area contributed by atoms with Crippen molar-refractivity contribution in [3.05, 3.63) is 12.2 Å². The third-order valence-electron chi connectivity index (χ3n) is 9.58. The highest BCUT2D eigenvalue weighted by atomic mass is 19.3. The van der Waals surface area contributed by atoms with Crippen molar-refractivity contribution in [2.75, 3.05) is 6.61 Å². The van der Waals surface area contributed by atoms with Crippen LogP contribution in [-0.2, 0) is 4.74 Å². The second-order valence-electron chi connectivity index (χ2n) is 11.4. The quantitative estimate of drug-likeness (QED) is 0.432. The van der Waals surface area contributed by atoms with Gasteiger partial charge in [0.1, 0.15) is 0 Å². The Kier molecular flexibility index (Phi) is 8.28. The molecule has 0 spiro atoms. The maximum Gasteiger partial charge on any atom is 0.266 e. The van der Waals surface area contributed by atoms with Gasteiger partial charge < -0.3 is 4.74 Å². The third kappa shape index (κ3) is 6.08. The summed E-state index contributed by atoms with van der Waals surface area (Å²) in [6.45, 7) is 3.44. The molecule has 172 valence electrons. The second kappa shape index (κ2) is 10.9. The predicted molar refractivity (Wildman–Crippen MR) is 119 cm³/mol. The molecule has 2 unspecified atom stereocenters. The second-order valence-corrected chi connectivity index (χ2v) is 11.4. The molecule has 30 heavy (non-hydrogen) atoms. The van der Waals surface area contributed by atoms with E-state index in [1.807, 2.05) is 0 Å². The van der Waals surface area contributed by atoms with Crippen molar-refractivity contribution in [3.8, 4) is 0 Å². The van der Waals surface area contributed by atoms with Crippen LogP contribution in [0.25, 0.3) is 0 Å². The molecule has 3 saturated carbocycles.